The average Bonchev–Trinajstić information content (AvgIpc) is 3.04. The molecule has 0 saturated heterocycles. The van der Waals surface area contributed by atoms with E-state index in [4.69, 9.17) is 5.73 Å². The summed E-state index contributed by atoms with van der Waals surface area (Å²) < 4.78 is 0. The highest BCUT2D eigenvalue weighted by Crippen LogP contribution is 2.24. The van der Waals surface area contributed by atoms with Crippen molar-refractivity contribution in [2.75, 3.05) is 18.1 Å². The van der Waals surface area contributed by atoms with E-state index in [0.29, 0.717) is 24.3 Å². The van der Waals surface area contributed by atoms with Crippen molar-refractivity contribution in [1.29, 1.82) is 0 Å². The van der Waals surface area contributed by atoms with Gasteiger partial charge in [0.2, 0.25) is 5.91 Å². The zero-order valence-electron chi connectivity index (χ0n) is 16.0. The number of rotatable bonds is 8. The van der Waals surface area contributed by atoms with Crippen LogP contribution in [-0.4, -0.2) is 53.6 Å². The molecule has 0 bridgehead atoms. The number of nitrogens with zero attached hydrogens (tertiary/aromatic N) is 3. The normalized spacial score (nSPS) is 17.1. The molecule has 142 valence electrons. The van der Waals surface area contributed by atoms with Crippen molar-refractivity contribution in [3.05, 3.63) is 30.3 Å². The number of hydrazone groups is 1. The van der Waals surface area contributed by atoms with Crippen molar-refractivity contribution >= 4 is 23.2 Å². The molecular weight excluding hydrogens is 330 g/mol. The largest absolute Gasteiger partial charge is 0.368 e. The van der Waals surface area contributed by atoms with Crippen LogP contribution in [0.1, 0.15) is 34.1 Å². The van der Waals surface area contributed by atoms with Crippen LogP contribution in [0.25, 0.3) is 0 Å². The molecule has 0 saturated carbocycles. The predicted octanol–water partition coefficient (Wildman–Crippen LogP) is 1.34. The molecule has 7 nitrogen and oxygen atoms in total. The highest BCUT2D eigenvalue weighted by atomic mass is 16.2. The van der Waals surface area contributed by atoms with Crippen molar-refractivity contribution in [3.63, 3.8) is 0 Å². The van der Waals surface area contributed by atoms with Gasteiger partial charge in [0.15, 0.2) is 0 Å². The lowest BCUT2D eigenvalue weighted by Gasteiger charge is -2.30. The van der Waals surface area contributed by atoms with Gasteiger partial charge in [-0.25, -0.2) is 0 Å². The Hall–Kier alpha value is -2.41. The fourth-order valence-corrected chi connectivity index (χ4v) is 3.20. The summed E-state index contributed by atoms with van der Waals surface area (Å²) in [6, 6.07) is 9.44. The first-order valence-electron chi connectivity index (χ1n) is 9.06. The van der Waals surface area contributed by atoms with Crippen LogP contribution in [0, 0.1) is 0 Å². The van der Waals surface area contributed by atoms with Crippen molar-refractivity contribution in [3.8, 4) is 0 Å². The van der Waals surface area contributed by atoms with Crippen LogP contribution in [0.2, 0.25) is 0 Å². The van der Waals surface area contributed by atoms with Gasteiger partial charge in [0.05, 0.1) is 5.69 Å². The van der Waals surface area contributed by atoms with Gasteiger partial charge in [-0.1, -0.05) is 18.2 Å². The molecule has 2 amide bonds. The summed E-state index contributed by atoms with van der Waals surface area (Å²) in [4.78, 5) is 26.6. The summed E-state index contributed by atoms with van der Waals surface area (Å²) in [6.07, 6.45) is 0.216. The summed E-state index contributed by atoms with van der Waals surface area (Å²) in [5, 5.41) is 8.79. The van der Waals surface area contributed by atoms with Crippen LogP contribution in [0.5, 0.6) is 0 Å². The second-order valence-corrected chi connectivity index (χ2v) is 7.03. The van der Waals surface area contributed by atoms with E-state index < -0.39 is 11.9 Å². The fourth-order valence-electron chi connectivity index (χ4n) is 3.20. The number of hydrogen-bond acceptors (Lipinski definition) is 5. The first-order valence-corrected chi connectivity index (χ1v) is 9.06. The van der Waals surface area contributed by atoms with E-state index in [9.17, 15) is 9.59 Å². The molecule has 7 heteroatoms. The predicted molar refractivity (Wildman–Crippen MR) is 104 cm³/mol. The van der Waals surface area contributed by atoms with Crippen molar-refractivity contribution in [2.24, 2.45) is 10.8 Å². The van der Waals surface area contributed by atoms with E-state index >= 15 is 0 Å². The zero-order valence-corrected chi connectivity index (χ0v) is 16.0. The van der Waals surface area contributed by atoms with Crippen LogP contribution in [0.15, 0.2) is 35.4 Å². The lowest BCUT2D eigenvalue weighted by molar-refractivity contribution is -0.119. The Morgan fingerprint density at radius 3 is 2.38 bits per heavy atom. The second kappa shape index (κ2) is 8.80. The highest BCUT2D eigenvalue weighted by Gasteiger charge is 2.34. The van der Waals surface area contributed by atoms with Gasteiger partial charge in [-0.3, -0.25) is 19.5 Å². The van der Waals surface area contributed by atoms with Crippen LogP contribution in [0.4, 0.5) is 5.69 Å². The Bertz CT molecular complexity index is 649. The molecule has 1 heterocycles. The van der Waals surface area contributed by atoms with E-state index in [1.165, 1.54) is 5.01 Å². The standard InChI is InChI=1S/C19H29N5O2/c1-13(2)23(14(3)4)11-10-21-19(26)16-12-17(18(20)25)24(22-16)15-8-6-5-7-9-15/h5-9,13-14,17H,10-12H2,1-4H3,(H2,20,25)(H,21,26). The molecule has 1 aliphatic rings. The lowest BCUT2D eigenvalue weighted by Crippen LogP contribution is -2.44. The average molecular weight is 359 g/mol. The Labute approximate surface area is 155 Å². The van der Waals surface area contributed by atoms with Gasteiger partial charge in [0.25, 0.3) is 5.91 Å². The van der Waals surface area contributed by atoms with E-state index in [0.717, 1.165) is 12.2 Å². The number of carbonyl (C=O) groups excluding carboxylic acids is 2. The number of benzene rings is 1. The number of carbonyl (C=O) groups is 2. The van der Waals surface area contributed by atoms with Gasteiger partial charge in [-0.05, 0) is 39.8 Å². The van der Waals surface area contributed by atoms with Crippen LogP contribution in [-0.2, 0) is 9.59 Å². The first-order chi connectivity index (χ1) is 12.3. The van der Waals surface area contributed by atoms with E-state index in [-0.39, 0.29) is 12.3 Å². The lowest BCUT2D eigenvalue weighted by atomic mass is 10.1. The second-order valence-electron chi connectivity index (χ2n) is 7.03. The Morgan fingerprint density at radius 2 is 1.85 bits per heavy atom. The van der Waals surface area contributed by atoms with Crippen LogP contribution >= 0.6 is 0 Å². The van der Waals surface area contributed by atoms with Gasteiger partial charge in [-0.2, -0.15) is 5.10 Å². The zero-order chi connectivity index (χ0) is 19.3. The van der Waals surface area contributed by atoms with E-state index in [1.54, 1.807) is 0 Å². The number of amides is 2. The minimum atomic E-state index is -0.638. The smallest absolute Gasteiger partial charge is 0.267 e. The molecule has 0 aromatic heterocycles. The van der Waals surface area contributed by atoms with Gasteiger partial charge in [0, 0.05) is 31.6 Å². The summed E-state index contributed by atoms with van der Waals surface area (Å²) in [5.74, 6) is -0.742. The third-order valence-corrected chi connectivity index (χ3v) is 4.50. The van der Waals surface area contributed by atoms with Crippen LogP contribution < -0.4 is 16.1 Å². The summed E-state index contributed by atoms with van der Waals surface area (Å²) in [5.41, 5.74) is 6.57. The Balaban J connectivity index is 2.01. The quantitative estimate of drug-likeness (QED) is 0.733. The highest BCUT2D eigenvalue weighted by molar-refractivity contribution is 6.40. The molecule has 0 fully saturated rings. The molecule has 1 atom stereocenters. The van der Waals surface area contributed by atoms with Gasteiger partial charge >= 0.3 is 0 Å². The topological polar surface area (TPSA) is 91.0 Å². The number of anilines is 1. The number of hydrogen-bond donors (Lipinski definition) is 2. The maximum atomic E-state index is 12.5. The number of para-hydroxylation sites is 1. The third-order valence-electron chi connectivity index (χ3n) is 4.50. The minimum Gasteiger partial charge on any atom is -0.368 e. The number of nitrogens with two attached hydrogens (primary N) is 1. The monoisotopic (exact) mass is 359 g/mol. The first kappa shape index (κ1) is 19.9. The SMILES string of the molecule is CC(C)N(CCNC(=O)C1=NN(c2ccccc2)C(C(N)=O)C1)C(C)C. The molecule has 1 unspecified atom stereocenters. The van der Waals surface area contributed by atoms with Gasteiger partial charge in [0.1, 0.15) is 11.8 Å². The molecule has 0 spiro atoms. The van der Waals surface area contributed by atoms with E-state index in [2.05, 4.69) is 43.0 Å². The van der Waals surface area contributed by atoms with Crippen molar-refractivity contribution < 1.29 is 9.59 Å². The molecule has 0 radical (unpaired) electrons. The molecule has 2 rings (SSSR count). The van der Waals surface area contributed by atoms with Gasteiger partial charge < -0.3 is 11.1 Å². The molecule has 3 N–H and O–H groups in total. The summed E-state index contributed by atoms with van der Waals surface area (Å²) >= 11 is 0. The fraction of sp³-hybridized carbons (Fsp3) is 0.526. The maximum absolute atomic E-state index is 12.5. The van der Waals surface area contributed by atoms with Crippen molar-refractivity contribution in [2.45, 2.75) is 52.2 Å². The molecule has 1 aliphatic heterocycles. The van der Waals surface area contributed by atoms with E-state index in [1.807, 2.05) is 30.3 Å². The molecule has 0 aliphatic carbocycles. The number of primary amides is 1. The van der Waals surface area contributed by atoms with Crippen LogP contribution in [0.3, 0.4) is 0 Å². The maximum Gasteiger partial charge on any atom is 0.267 e. The Morgan fingerprint density at radius 1 is 1.23 bits per heavy atom. The Kier molecular flexibility index (Phi) is 6.74. The molecule has 26 heavy (non-hydrogen) atoms. The summed E-state index contributed by atoms with van der Waals surface area (Å²) in [7, 11) is 0. The number of nitrogens with one attached hydrogen (secondary N) is 1. The molecule has 1 aromatic rings. The third kappa shape index (κ3) is 4.82. The molecule has 1 aromatic carbocycles. The van der Waals surface area contributed by atoms with Gasteiger partial charge in [-0.15, -0.1) is 0 Å². The van der Waals surface area contributed by atoms with Crippen molar-refractivity contribution in [1.82, 2.24) is 10.2 Å². The minimum absolute atomic E-state index is 0.216. The molecular formula is C19H29N5O2. The summed E-state index contributed by atoms with van der Waals surface area (Å²) in [6.45, 7) is 9.84.